The van der Waals surface area contributed by atoms with E-state index in [4.69, 9.17) is 4.98 Å². The number of hydrogen-bond donors (Lipinski definition) is 4. The number of nitrogens with zero attached hydrogens (tertiary/aromatic N) is 2. The Morgan fingerprint density at radius 2 is 1.90 bits per heavy atom. The lowest BCUT2D eigenvalue weighted by Crippen LogP contribution is -1.97. The summed E-state index contributed by atoms with van der Waals surface area (Å²) in [5, 5.41) is 20.1. The standard InChI is InChI=1S/C22H18N6OS/c29-22-16-8-7-14(10-18(16)26-28-22)30-20-9-13-3-1-2-4-15(13)21(24-20)23-19-11-17(25-27-19)12-5-6-12/h1-4,7-12H,5-6H2,(H2,26,28,29)(H2,23,24,25,27). The van der Waals surface area contributed by atoms with Crippen molar-refractivity contribution in [2.45, 2.75) is 28.7 Å². The minimum absolute atomic E-state index is 0.110. The van der Waals surface area contributed by atoms with Crippen LogP contribution in [0.25, 0.3) is 21.7 Å². The molecule has 2 aromatic carbocycles. The summed E-state index contributed by atoms with van der Waals surface area (Å²) in [6.07, 6.45) is 2.46. The van der Waals surface area contributed by atoms with Gasteiger partial charge in [-0.2, -0.15) is 5.10 Å². The molecule has 0 atom stereocenters. The van der Waals surface area contributed by atoms with Crippen LogP contribution in [0.2, 0.25) is 0 Å². The molecule has 1 aliphatic carbocycles. The van der Waals surface area contributed by atoms with Crippen molar-refractivity contribution in [3.63, 3.8) is 0 Å². The fraction of sp³-hybridized carbons (Fsp3) is 0.136. The van der Waals surface area contributed by atoms with Crippen molar-refractivity contribution in [1.82, 2.24) is 25.4 Å². The molecular formula is C22H18N6OS. The Morgan fingerprint density at radius 3 is 2.80 bits per heavy atom. The first kappa shape index (κ1) is 17.3. The highest BCUT2D eigenvalue weighted by molar-refractivity contribution is 7.99. The summed E-state index contributed by atoms with van der Waals surface area (Å²) in [5.74, 6) is 2.18. The number of aromatic nitrogens is 5. The normalized spacial score (nSPS) is 13.9. The van der Waals surface area contributed by atoms with Gasteiger partial charge in [-0.3, -0.25) is 20.1 Å². The minimum atomic E-state index is -0.110. The van der Waals surface area contributed by atoms with Crippen LogP contribution in [0.5, 0.6) is 0 Å². The first-order chi connectivity index (χ1) is 14.7. The molecule has 7 nitrogen and oxygen atoms in total. The molecule has 0 spiro atoms. The number of nitrogens with one attached hydrogen (secondary N) is 4. The topological polar surface area (TPSA) is 102 Å². The van der Waals surface area contributed by atoms with E-state index in [1.165, 1.54) is 18.5 Å². The van der Waals surface area contributed by atoms with E-state index in [1.54, 1.807) is 11.8 Å². The van der Waals surface area contributed by atoms with E-state index in [0.29, 0.717) is 11.3 Å². The van der Waals surface area contributed by atoms with Gasteiger partial charge in [-0.25, -0.2) is 4.98 Å². The predicted octanol–water partition coefficient (Wildman–Crippen LogP) is 4.90. The Kier molecular flexibility index (Phi) is 3.92. The summed E-state index contributed by atoms with van der Waals surface area (Å²) in [6, 6.07) is 18.1. The molecule has 0 aliphatic heterocycles. The zero-order valence-electron chi connectivity index (χ0n) is 15.9. The predicted molar refractivity (Wildman–Crippen MR) is 119 cm³/mol. The van der Waals surface area contributed by atoms with Crippen LogP contribution in [0.1, 0.15) is 24.5 Å². The molecule has 8 heteroatoms. The summed E-state index contributed by atoms with van der Waals surface area (Å²) in [5.41, 5.74) is 1.86. The lowest BCUT2D eigenvalue weighted by atomic mass is 10.1. The van der Waals surface area contributed by atoms with Crippen LogP contribution >= 0.6 is 11.8 Å². The second-order valence-electron chi connectivity index (χ2n) is 7.53. The van der Waals surface area contributed by atoms with Gasteiger partial charge in [0.1, 0.15) is 10.8 Å². The number of H-pyrrole nitrogens is 3. The maximum atomic E-state index is 11.7. The molecule has 0 saturated heterocycles. The largest absolute Gasteiger partial charge is 0.323 e. The van der Waals surface area contributed by atoms with E-state index in [2.05, 4.69) is 50.0 Å². The Balaban J connectivity index is 1.37. The second-order valence-corrected chi connectivity index (χ2v) is 8.62. The van der Waals surface area contributed by atoms with Gasteiger partial charge in [-0.15, -0.1) is 0 Å². The van der Waals surface area contributed by atoms with Crippen molar-refractivity contribution in [2.24, 2.45) is 0 Å². The smallest absolute Gasteiger partial charge is 0.271 e. The molecule has 3 aromatic heterocycles. The maximum absolute atomic E-state index is 11.7. The van der Waals surface area contributed by atoms with Gasteiger partial charge < -0.3 is 5.32 Å². The average Bonchev–Trinajstić information content (AvgIpc) is 3.40. The van der Waals surface area contributed by atoms with Gasteiger partial charge in [0.25, 0.3) is 5.56 Å². The fourth-order valence-corrected chi connectivity index (χ4v) is 4.52. The number of benzene rings is 2. The Hall–Kier alpha value is -3.52. The first-order valence-corrected chi connectivity index (χ1v) is 10.6. The van der Waals surface area contributed by atoms with Crippen LogP contribution < -0.4 is 10.9 Å². The number of pyridine rings is 1. The SMILES string of the molecule is O=c1[nH][nH]c2cc(Sc3cc4ccccc4c(Nc4cc(C5CC5)[nH]n4)n3)ccc12. The number of rotatable bonds is 5. The van der Waals surface area contributed by atoms with Crippen molar-refractivity contribution in [1.29, 1.82) is 0 Å². The molecule has 0 unspecified atom stereocenters. The molecule has 1 saturated carbocycles. The molecule has 4 N–H and O–H groups in total. The quantitative estimate of drug-likeness (QED) is 0.328. The van der Waals surface area contributed by atoms with Crippen LogP contribution in [-0.2, 0) is 0 Å². The molecule has 6 rings (SSSR count). The van der Waals surface area contributed by atoms with Gasteiger partial charge in [0, 0.05) is 28.0 Å². The molecule has 148 valence electrons. The summed E-state index contributed by atoms with van der Waals surface area (Å²) in [6.45, 7) is 0. The summed E-state index contributed by atoms with van der Waals surface area (Å²) in [7, 11) is 0. The van der Waals surface area contributed by atoms with Crippen molar-refractivity contribution in [3.05, 3.63) is 70.6 Å². The number of hydrogen-bond acceptors (Lipinski definition) is 5. The Labute approximate surface area is 175 Å². The average molecular weight is 414 g/mol. The minimum Gasteiger partial charge on any atom is -0.323 e. The summed E-state index contributed by atoms with van der Waals surface area (Å²) in [4.78, 5) is 17.6. The van der Waals surface area contributed by atoms with Crippen LogP contribution in [0.3, 0.4) is 0 Å². The zero-order valence-corrected chi connectivity index (χ0v) is 16.7. The van der Waals surface area contributed by atoms with E-state index in [1.807, 2.05) is 30.3 Å². The third kappa shape index (κ3) is 3.15. The third-order valence-corrected chi connectivity index (χ3v) is 6.25. The molecule has 0 amide bonds. The molecule has 3 heterocycles. The molecular weight excluding hydrogens is 396 g/mol. The van der Waals surface area contributed by atoms with E-state index in [0.717, 1.165) is 37.8 Å². The van der Waals surface area contributed by atoms with E-state index in [-0.39, 0.29) is 5.56 Å². The Bertz CT molecular complexity index is 1450. The van der Waals surface area contributed by atoms with Crippen molar-refractivity contribution in [3.8, 4) is 0 Å². The Morgan fingerprint density at radius 1 is 1.00 bits per heavy atom. The van der Waals surface area contributed by atoms with Crippen LogP contribution in [0.15, 0.2) is 69.3 Å². The highest BCUT2D eigenvalue weighted by Crippen LogP contribution is 2.40. The van der Waals surface area contributed by atoms with Crippen molar-refractivity contribution < 1.29 is 0 Å². The van der Waals surface area contributed by atoms with Gasteiger partial charge >= 0.3 is 0 Å². The molecule has 1 fully saturated rings. The van der Waals surface area contributed by atoms with Gasteiger partial charge in [-0.1, -0.05) is 36.0 Å². The van der Waals surface area contributed by atoms with E-state index in [9.17, 15) is 4.79 Å². The lowest BCUT2D eigenvalue weighted by Gasteiger charge is -2.10. The molecule has 0 bridgehead atoms. The van der Waals surface area contributed by atoms with Gasteiger partial charge in [0.15, 0.2) is 5.82 Å². The summed E-state index contributed by atoms with van der Waals surface area (Å²) < 4.78 is 0. The van der Waals surface area contributed by atoms with Gasteiger partial charge in [0.05, 0.1) is 10.9 Å². The van der Waals surface area contributed by atoms with Crippen LogP contribution in [0.4, 0.5) is 11.6 Å². The van der Waals surface area contributed by atoms with Crippen LogP contribution in [-0.4, -0.2) is 25.4 Å². The van der Waals surface area contributed by atoms with E-state index >= 15 is 0 Å². The van der Waals surface area contributed by atoms with Crippen LogP contribution in [0, 0.1) is 0 Å². The highest BCUT2D eigenvalue weighted by atomic mass is 32.2. The maximum Gasteiger partial charge on any atom is 0.271 e. The van der Waals surface area contributed by atoms with E-state index < -0.39 is 0 Å². The first-order valence-electron chi connectivity index (χ1n) is 9.83. The van der Waals surface area contributed by atoms with Crippen molar-refractivity contribution in [2.75, 3.05) is 5.32 Å². The molecule has 30 heavy (non-hydrogen) atoms. The second kappa shape index (κ2) is 6.77. The molecule has 1 aliphatic rings. The van der Waals surface area contributed by atoms with Crippen molar-refractivity contribution >= 4 is 45.1 Å². The highest BCUT2D eigenvalue weighted by Gasteiger charge is 2.25. The lowest BCUT2D eigenvalue weighted by molar-refractivity contribution is 0.966. The van der Waals surface area contributed by atoms with Gasteiger partial charge in [-0.05, 0) is 42.5 Å². The zero-order chi connectivity index (χ0) is 20.1. The number of anilines is 2. The molecule has 5 aromatic rings. The summed E-state index contributed by atoms with van der Waals surface area (Å²) >= 11 is 1.56. The molecule has 0 radical (unpaired) electrons. The number of fused-ring (bicyclic) bond motifs is 2. The third-order valence-electron chi connectivity index (χ3n) is 5.35. The number of aromatic amines is 3. The monoisotopic (exact) mass is 414 g/mol. The van der Waals surface area contributed by atoms with Gasteiger partial charge in [0.2, 0.25) is 0 Å². The fourth-order valence-electron chi connectivity index (χ4n) is 3.65.